The third-order valence-corrected chi connectivity index (χ3v) is 8.12. The third-order valence-electron chi connectivity index (χ3n) is 6.15. The number of esters is 1. The number of nitrogens with one attached hydrogen (secondary N) is 2. The zero-order valence-corrected chi connectivity index (χ0v) is 22.3. The molecule has 10 nitrogen and oxygen atoms in total. The lowest BCUT2D eigenvalue weighted by Gasteiger charge is -2.38. The second kappa shape index (κ2) is 10.5. The molecule has 1 amide bonds. The van der Waals surface area contributed by atoms with E-state index in [1.807, 2.05) is 0 Å². The van der Waals surface area contributed by atoms with Gasteiger partial charge in [0.15, 0.2) is 0 Å². The van der Waals surface area contributed by atoms with Crippen molar-refractivity contribution in [3.8, 4) is 0 Å². The van der Waals surface area contributed by atoms with Crippen LogP contribution in [0.1, 0.15) is 18.1 Å². The number of nitrogens with zero attached hydrogens (tertiary/aromatic N) is 3. The van der Waals surface area contributed by atoms with Crippen LogP contribution in [0.3, 0.4) is 0 Å². The Morgan fingerprint density at radius 1 is 1.19 bits per heavy atom. The number of ether oxygens (including phenoxy) is 1. The molecule has 3 aromatic rings. The van der Waals surface area contributed by atoms with Gasteiger partial charge in [0, 0.05) is 48.7 Å². The van der Waals surface area contributed by atoms with Gasteiger partial charge in [0.1, 0.15) is 16.9 Å². The number of amides is 1. The maximum Gasteiger partial charge on any atom is 0.330 e. The molecule has 4 rings (SSSR count). The fraction of sp³-hybridized carbons (Fsp3) is 0.320. The van der Waals surface area contributed by atoms with Gasteiger partial charge >= 0.3 is 5.97 Å². The van der Waals surface area contributed by atoms with Crippen molar-refractivity contribution in [2.75, 3.05) is 33.8 Å². The average Bonchev–Trinajstić information content (AvgIpc) is 3.29. The highest BCUT2D eigenvalue weighted by atomic mass is 35.5. The lowest BCUT2D eigenvalue weighted by molar-refractivity contribution is -0.158. The van der Waals surface area contributed by atoms with Crippen molar-refractivity contribution in [2.45, 2.75) is 24.5 Å². The van der Waals surface area contributed by atoms with E-state index in [1.165, 1.54) is 11.0 Å². The van der Waals surface area contributed by atoms with Gasteiger partial charge < -0.3 is 19.5 Å². The first-order chi connectivity index (χ1) is 17.5. The molecule has 1 aliphatic heterocycles. The van der Waals surface area contributed by atoms with Crippen molar-refractivity contribution >= 4 is 50.2 Å². The van der Waals surface area contributed by atoms with Crippen molar-refractivity contribution in [2.24, 2.45) is 0 Å². The molecule has 1 aromatic heterocycles. The minimum atomic E-state index is -4.12. The van der Waals surface area contributed by atoms with Crippen LogP contribution in [-0.2, 0) is 30.9 Å². The predicted molar refractivity (Wildman–Crippen MR) is 140 cm³/mol. The summed E-state index contributed by atoms with van der Waals surface area (Å²) in [6.07, 6.45) is 0. The number of hydrogen-bond acceptors (Lipinski definition) is 6. The summed E-state index contributed by atoms with van der Waals surface area (Å²) < 4.78 is 33.1. The normalized spacial score (nSPS) is 16.7. The number of amidine groups is 1. The van der Waals surface area contributed by atoms with Crippen LogP contribution < -0.4 is 0 Å². The minimum Gasteiger partial charge on any atom is -0.464 e. The first kappa shape index (κ1) is 26.6. The Labute approximate surface area is 220 Å². The number of halogens is 1. The Morgan fingerprint density at radius 2 is 1.89 bits per heavy atom. The predicted octanol–water partition coefficient (Wildman–Crippen LogP) is 2.67. The molecule has 0 radical (unpaired) electrons. The van der Waals surface area contributed by atoms with Gasteiger partial charge in [0.2, 0.25) is 5.91 Å². The molecule has 0 unspecified atom stereocenters. The fourth-order valence-corrected chi connectivity index (χ4v) is 5.76. The summed E-state index contributed by atoms with van der Waals surface area (Å²) in [7, 11) is -0.569. The Hall–Kier alpha value is -3.41. The Bertz CT molecular complexity index is 1450. The molecule has 0 spiro atoms. The summed E-state index contributed by atoms with van der Waals surface area (Å²) >= 11 is 6.03. The van der Waals surface area contributed by atoms with Gasteiger partial charge in [0.25, 0.3) is 10.0 Å². The van der Waals surface area contributed by atoms with Gasteiger partial charge in [-0.15, -0.1) is 0 Å². The molecule has 1 atom stereocenters. The summed E-state index contributed by atoms with van der Waals surface area (Å²) in [6.45, 7) is 1.17. The Kier molecular flexibility index (Phi) is 7.58. The van der Waals surface area contributed by atoms with E-state index in [0.29, 0.717) is 27.3 Å². The molecule has 0 aliphatic carbocycles. The molecule has 2 N–H and O–H groups in total. The lowest BCUT2D eigenvalue weighted by atomic mass is 10.1. The number of H-pyrrole nitrogens is 1. The molecule has 0 saturated carbocycles. The second-order valence-corrected chi connectivity index (χ2v) is 11.2. The van der Waals surface area contributed by atoms with Gasteiger partial charge in [-0.25, -0.2) is 13.2 Å². The average molecular weight is 546 g/mol. The molecule has 37 heavy (non-hydrogen) atoms. The van der Waals surface area contributed by atoms with Crippen molar-refractivity contribution in [3.05, 3.63) is 64.7 Å². The number of sulfonamides is 1. The Balaban J connectivity index is 1.60. The van der Waals surface area contributed by atoms with E-state index in [0.717, 1.165) is 9.87 Å². The topological polar surface area (TPSA) is 127 Å². The highest BCUT2D eigenvalue weighted by Gasteiger charge is 2.43. The van der Waals surface area contributed by atoms with Gasteiger partial charge in [-0.2, -0.15) is 4.31 Å². The van der Waals surface area contributed by atoms with E-state index < -0.39 is 34.5 Å². The SMILES string of the molecule is CCOC(=O)[C@H]1CN(S(=O)(=O)c2cc3cc(Cl)ccc3[nH]2)CC(=O)N1Cc1ccc(C(=N)N(C)C)cc1. The van der Waals surface area contributed by atoms with Gasteiger partial charge in [-0.1, -0.05) is 35.9 Å². The van der Waals surface area contributed by atoms with E-state index in [4.69, 9.17) is 21.7 Å². The largest absolute Gasteiger partial charge is 0.464 e. The molecule has 2 heterocycles. The van der Waals surface area contributed by atoms with E-state index in [2.05, 4.69) is 4.98 Å². The summed E-state index contributed by atoms with van der Waals surface area (Å²) in [5, 5.41) is 9.09. The standard InChI is InChI=1S/C25H28ClN5O5S/c1-4-36-25(33)21-14-30(37(34,35)22-12-18-11-19(26)9-10-20(18)28-22)15-23(32)31(21)13-16-5-7-17(8-6-16)24(27)29(2)3/h5-12,21,27-28H,4,13-15H2,1-3H3/t21-/m1/s1. The highest BCUT2D eigenvalue weighted by molar-refractivity contribution is 7.89. The van der Waals surface area contributed by atoms with Gasteiger partial charge in [0.05, 0.1) is 13.2 Å². The maximum absolute atomic E-state index is 13.4. The number of rotatable bonds is 7. The lowest BCUT2D eigenvalue weighted by Crippen LogP contribution is -2.60. The fourth-order valence-electron chi connectivity index (χ4n) is 4.17. The van der Waals surface area contributed by atoms with Crippen LogP contribution in [0.15, 0.2) is 53.6 Å². The molecule has 12 heteroatoms. The summed E-state index contributed by atoms with van der Waals surface area (Å²) in [6, 6.07) is 12.4. The zero-order valence-electron chi connectivity index (χ0n) is 20.7. The maximum atomic E-state index is 13.4. The van der Waals surface area contributed by atoms with Crippen LogP contribution in [0, 0.1) is 5.41 Å². The molecule has 196 valence electrons. The number of piperazine rings is 1. The van der Waals surface area contributed by atoms with Gasteiger partial charge in [-0.3, -0.25) is 10.2 Å². The van der Waals surface area contributed by atoms with Crippen LogP contribution in [0.2, 0.25) is 5.02 Å². The quantitative estimate of drug-likeness (QED) is 0.267. The number of aromatic nitrogens is 1. The molecular weight excluding hydrogens is 518 g/mol. The first-order valence-electron chi connectivity index (χ1n) is 11.6. The second-order valence-electron chi connectivity index (χ2n) is 8.89. The molecule has 0 bridgehead atoms. The van der Waals surface area contributed by atoms with Crippen LogP contribution in [0.4, 0.5) is 0 Å². The summed E-state index contributed by atoms with van der Waals surface area (Å²) in [4.78, 5) is 32.0. The number of hydrogen-bond donors (Lipinski definition) is 2. The van der Waals surface area contributed by atoms with Crippen molar-refractivity contribution < 1.29 is 22.7 Å². The number of benzene rings is 2. The van der Waals surface area contributed by atoms with E-state index in [-0.39, 0.29) is 24.7 Å². The Morgan fingerprint density at radius 3 is 2.54 bits per heavy atom. The third kappa shape index (κ3) is 5.48. The van der Waals surface area contributed by atoms with Crippen LogP contribution in [0.5, 0.6) is 0 Å². The van der Waals surface area contributed by atoms with E-state index in [1.54, 1.807) is 68.4 Å². The van der Waals surface area contributed by atoms with Gasteiger partial charge in [-0.05, 0) is 36.8 Å². The van der Waals surface area contributed by atoms with Crippen molar-refractivity contribution in [1.29, 1.82) is 5.41 Å². The molecule has 1 aliphatic rings. The van der Waals surface area contributed by atoms with Crippen LogP contribution in [0.25, 0.3) is 10.9 Å². The van der Waals surface area contributed by atoms with E-state index >= 15 is 0 Å². The van der Waals surface area contributed by atoms with Crippen molar-refractivity contribution in [3.63, 3.8) is 0 Å². The van der Waals surface area contributed by atoms with Crippen LogP contribution in [-0.4, -0.2) is 85.1 Å². The first-order valence-corrected chi connectivity index (χ1v) is 13.4. The molecule has 2 aromatic carbocycles. The van der Waals surface area contributed by atoms with Crippen LogP contribution >= 0.6 is 11.6 Å². The zero-order chi connectivity index (χ0) is 26.9. The molecule has 1 fully saturated rings. The number of carbonyl (C=O) groups excluding carboxylic acids is 2. The van der Waals surface area contributed by atoms with E-state index in [9.17, 15) is 18.0 Å². The molecular formula is C25H28ClN5O5S. The summed E-state index contributed by atoms with van der Waals surface area (Å²) in [5.41, 5.74) is 2.03. The monoisotopic (exact) mass is 545 g/mol. The minimum absolute atomic E-state index is 0.0902. The highest BCUT2D eigenvalue weighted by Crippen LogP contribution is 2.27. The number of fused-ring (bicyclic) bond motifs is 1. The smallest absolute Gasteiger partial charge is 0.330 e. The molecule has 1 saturated heterocycles. The van der Waals surface area contributed by atoms with Crippen molar-refractivity contribution in [1.82, 2.24) is 19.1 Å². The number of carbonyl (C=O) groups is 2. The summed E-state index contributed by atoms with van der Waals surface area (Å²) in [5.74, 6) is -0.854. The number of aromatic amines is 1.